The van der Waals surface area contributed by atoms with E-state index < -0.39 is 12.2 Å². The van der Waals surface area contributed by atoms with Gasteiger partial charge in [0.15, 0.2) is 0 Å². The Balaban J connectivity index is 2.81. The maximum absolute atomic E-state index is 12.0. The quantitative estimate of drug-likeness (QED) is 0.722. The molecule has 2 atom stereocenters. The average molecular weight is 338 g/mol. The molecular formula is C17H26N2O5. The second-order valence-electron chi connectivity index (χ2n) is 5.09. The Kier molecular flexibility index (Phi) is 8.21. The van der Waals surface area contributed by atoms with Crippen molar-refractivity contribution in [3.05, 3.63) is 18.2 Å². The highest BCUT2D eigenvalue weighted by Gasteiger charge is 2.17. The summed E-state index contributed by atoms with van der Waals surface area (Å²) >= 11 is 0. The van der Waals surface area contributed by atoms with Gasteiger partial charge in [0.25, 0.3) is 11.8 Å². The molecule has 0 aliphatic heterocycles. The number of amides is 2. The van der Waals surface area contributed by atoms with Crippen LogP contribution in [-0.2, 0) is 19.1 Å². The minimum atomic E-state index is -0.564. The molecule has 0 radical (unpaired) electrons. The van der Waals surface area contributed by atoms with E-state index in [-0.39, 0.29) is 11.8 Å². The van der Waals surface area contributed by atoms with E-state index in [1.165, 1.54) is 7.11 Å². The molecule has 0 bridgehead atoms. The van der Waals surface area contributed by atoms with Gasteiger partial charge < -0.3 is 24.8 Å². The van der Waals surface area contributed by atoms with Crippen LogP contribution >= 0.6 is 0 Å². The van der Waals surface area contributed by atoms with Crippen molar-refractivity contribution in [2.45, 2.75) is 39.9 Å². The van der Waals surface area contributed by atoms with Gasteiger partial charge in [-0.1, -0.05) is 0 Å². The molecule has 0 spiro atoms. The zero-order valence-electron chi connectivity index (χ0n) is 14.8. The summed E-state index contributed by atoms with van der Waals surface area (Å²) in [6.07, 6.45) is -1.11. The van der Waals surface area contributed by atoms with E-state index in [0.29, 0.717) is 30.3 Å². The fourth-order valence-corrected chi connectivity index (χ4v) is 2.00. The summed E-state index contributed by atoms with van der Waals surface area (Å²) in [6.45, 7) is 7.92. The van der Waals surface area contributed by atoms with Crippen molar-refractivity contribution in [3.63, 3.8) is 0 Å². The molecule has 0 aliphatic carbocycles. The minimum absolute atomic E-state index is 0.249. The number of hydrogen-bond acceptors (Lipinski definition) is 5. The van der Waals surface area contributed by atoms with Crippen LogP contribution in [0.15, 0.2) is 18.2 Å². The molecule has 0 aliphatic rings. The second-order valence-corrected chi connectivity index (χ2v) is 5.09. The van der Waals surface area contributed by atoms with Crippen molar-refractivity contribution in [1.82, 2.24) is 0 Å². The van der Waals surface area contributed by atoms with Crippen LogP contribution < -0.4 is 15.4 Å². The van der Waals surface area contributed by atoms with Crippen LogP contribution in [0.25, 0.3) is 0 Å². The molecular weight excluding hydrogens is 312 g/mol. The molecule has 0 heterocycles. The lowest BCUT2D eigenvalue weighted by molar-refractivity contribution is -0.126. The zero-order chi connectivity index (χ0) is 18.1. The van der Waals surface area contributed by atoms with Gasteiger partial charge in [-0.25, -0.2) is 0 Å². The normalized spacial score (nSPS) is 13.0. The molecule has 0 saturated heterocycles. The molecule has 24 heavy (non-hydrogen) atoms. The maximum Gasteiger partial charge on any atom is 0.253 e. The number of hydrogen-bond donors (Lipinski definition) is 2. The lowest BCUT2D eigenvalue weighted by atomic mass is 10.2. The zero-order valence-corrected chi connectivity index (χ0v) is 14.8. The Labute approximate surface area is 142 Å². The van der Waals surface area contributed by atoms with E-state index in [1.54, 1.807) is 32.0 Å². The number of methoxy groups -OCH3 is 1. The summed E-state index contributed by atoms with van der Waals surface area (Å²) in [5, 5.41) is 5.49. The molecule has 1 aromatic carbocycles. The largest absolute Gasteiger partial charge is 0.494 e. The lowest BCUT2D eigenvalue weighted by Crippen LogP contribution is -2.28. The molecule has 7 heteroatoms. The highest BCUT2D eigenvalue weighted by atomic mass is 16.5. The van der Waals surface area contributed by atoms with Crippen LogP contribution in [0, 0.1) is 0 Å². The summed E-state index contributed by atoms with van der Waals surface area (Å²) in [7, 11) is 1.49. The van der Waals surface area contributed by atoms with Gasteiger partial charge in [-0.2, -0.15) is 0 Å². The predicted molar refractivity (Wildman–Crippen MR) is 92.4 cm³/mol. The highest BCUT2D eigenvalue weighted by molar-refractivity contribution is 5.97. The first-order valence-corrected chi connectivity index (χ1v) is 7.95. The molecule has 7 nitrogen and oxygen atoms in total. The number of anilines is 2. The smallest absolute Gasteiger partial charge is 0.253 e. The van der Waals surface area contributed by atoms with Crippen molar-refractivity contribution in [2.24, 2.45) is 0 Å². The molecule has 1 aromatic rings. The summed E-state index contributed by atoms with van der Waals surface area (Å²) in [5.41, 5.74) is 1.06. The van der Waals surface area contributed by atoms with E-state index in [0.717, 1.165) is 0 Å². The number of ether oxygens (including phenoxy) is 3. The van der Waals surface area contributed by atoms with E-state index >= 15 is 0 Å². The molecule has 0 saturated carbocycles. The molecule has 0 fully saturated rings. The second kappa shape index (κ2) is 9.89. The van der Waals surface area contributed by atoms with Crippen LogP contribution in [0.4, 0.5) is 11.4 Å². The molecule has 2 amide bonds. The standard InChI is InChI=1S/C17H26N2O5/c1-6-23-11(3)16(20)18-13-8-9-14(15(10-13)22-5)19-17(21)12(4)24-7-2/h8-12H,6-7H2,1-5H3,(H,18,20)(H,19,21). The van der Waals surface area contributed by atoms with Gasteiger partial charge in [0, 0.05) is 25.0 Å². The Morgan fingerprint density at radius 1 is 1.00 bits per heavy atom. The summed E-state index contributed by atoms with van der Waals surface area (Å²) in [5.74, 6) is -0.0773. The first kappa shape index (κ1) is 19.9. The van der Waals surface area contributed by atoms with Crippen LogP contribution in [0.3, 0.4) is 0 Å². The molecule has 1 rings (SSSR count). The van der Waals surface area contributed by atoms with Gasteiger partial charge in [0.2, 0.25) is 0 Å². The maximum atomic E-state index is 12.0. The highest BCUT2D eigenvalue weighted by Crippen LogP contribution is 2.28. The summed E-state index contributed by atoms with van der Waals surface area (Å²) < 4.78 is 15.8. The fraction of sp³-hybridized carbons (Fsp3) is 0.529. The molecule has 2 N–H and O–H groups in total. The van der Waals surface area contributed by atoms with Gasteiger partial charge in [-0.15, -0.1) is 0 Å². The lowest BCUT2D eigenvalue weighted by Gasteiger charge is -2.16. The number of carbonyl (C=O) groups is 2. The Hall–Kier alpha value is -2.12. The van der Waals surface area contributed by atoms with E-state index in [4.69, 9.17) is 14.2 Å². The monoisotopic (exact) mass is 338 g/mol. The van der Waals surface area contributed by atoms with Gasteiger partial charge in [0.05, 0.1) is 12.8 Å². The molecule has 2 unspecified atom stereocenters. The first-order chi connectivity index (χ1) is 11.4. The van der Waals surface area contributed by atoms with Crippen molar-refractivity contribution in [2.75, 3.05) is 31.0 Å². The summed E-state index contributed by atoms with van der Waals surface area (Å²) in [4.78, 5) is 24.0. The Morgan fingerprint density at radius 3 is 2.04 bits per heavy atom. The van der Waals surface area contributed by atoms with Crippen LogP contribution in [-0.4, -0.2) is 44.3 Å². The number of carbonyl (C=O) groups excluding carboxylic acids is 2. The number of nitrogens with one attached hydrogen (secondary N) is 2. The predicted octanol–water partition coefficient (Wildman–Crippen LogP) is 2.42. The van der Waals surface area contributed by atoms with Gasteiger partial charge in [0.1, 0.15) is 18.0 Å². The third-order valence-electron chi connectivity index (χ3n) is 3.30. The van der Waals surface area contributed by atoms with Crippen molar-refractivity contribution in [1.29, 1.82) is 0 Å². The van der Waals surface area contributed by atoms with E-state index in [2.05, 4.69) is 10.6 Å². The Bertz CT molecular complexity index is 562. The van der Waals surface area contributed by atoms with Crippen molar-refractivity contribution in [3.8, 4) is 5.75 Å². The summed E-state index contributed by atoms with van der Waals surface area (Å²) in [6, 6.07) is 4.98. The third-order valence-corrected chi connectivity index (χ3v) is 3.30. The van der Waals surface area contributed by atoms with Crippen LogP contribution in [0.1, 0.15) is 27.7 Å². The van der Waals surface area contributed by atoms with Gasteiger partial charge in [-0.05, 0) is 39.8 Å². The third kappa shape index (κ3) is 5.82. The van der Waals surface area contributed by atoms with Crippen molar-refractivity contribution >= 4 is 23.2 Å². The van der Waals surface area contributed by atoms with Gasteiger partial charge >= 0.3 is 0 Å². The molecule has 0 aromatic heterocycles. The number of rotatable bonds is 9. The fourth-order valence-electron chi connectivity index (χ4n) is 2.00. The molecule has 134 valence electrons. The first-order valence-electron chi connectivity index (χ1n) is 7.95. The minimum Gasteiger partial charge on any atom is -0.494 e. The number of benzene rings is 1. The van der Waals surface area contributed by atoms with Crippen LogP contribution in [0.2, 0.25) is 0 Å². The average Bonchev–Trinajstić information content (AvgIpc) is 2.56. The van der Waals surface area contributed by atoms with E-state index in [1.807, 2.05) is 13.8 Å². The van der Waals surface area contributed by atoms with Gasteiger partial charge in [-0.3, -0.25) is 9.59 Å². The topological polar surface area (TPSA) is 85.9 Å². The van der Waals surface area contributed by atoms with Crippen molar-refractivity contribution < 1.29 is 23.8 Å². The van der Waals surface area contributed by atoms with Crippen LogP contribution in [0.5, 0.6) is 5.75 Å². The van der Waals surface area contributed by atoms with E-state index in [9.17, 15) is 9.59 Å². The SMILES string of the molecule is CCOC(C)C(=O)Nc1ccc(NC(=O)C(C)OCC)c(OC)c1. The Morgan fingerprint density at radius 2 is 1.54 bits per heavy atom.